The first-order valence-electron chi connectivity index (χ1n) is 8.29. The Balaban J connectivity index is 1.77. The maximum Gasteiger partial charge on any atom is 0.573 e. The number of pyridine rings is 1. The topological polar surface area (TPSA) is 88.6 Å². The minimum Gasteiger partial charge on any atom is -0.406 e. The van der Waals surface area contributed by atoms with E-state index in [-0.39, 0.29) is 34.4 Å². The average molecular weight is 450 g/mol. The van der Waals surface area contributed by atoms with E-state index in [1.807, 2.05) is 0 Å². The summed E-state index contributed by atoms with van der Waals surface area (Å²) < 4.78 is 68.6. The molecule has 0 spiro atoms. The molecule has 1 unspecified atom stereocenters. The van der Waals surface area contributed by atoms with E-state index >= 15 is 0 Å². The van der Waals surface area contributed by atoms with Crippen LogP contribution in [0.5, 0.6) is 5.75 Å². The van der Waals surface area contributed by atoms with Gasteiger partial charge in [-0.3, -0.25) is 4.79 Å². The summed E-state index contributed by atoms with van der Waals surface area (Å²) in [6, 6.07) is 6.45. The summed E-state index contributed by atoms with van der Waals surface area (Å²) in [5.74, 6) is -1.06. The molecule has 0 saturated carbocycles. The van der Waals surface area contributed by atoms with Gasteiger partial charge in [-0.15, -0.1) is 13.2 Å². The van der Waals surface area contributed by atoms with Crippen molar-refractivity contribution in [2.24, 2.45) is 0 Å². The molecule has 1 amide bonds. The molecule has 3 rings (SSSR count). The van der Waals surface area contributed by atoms with E-state index < -0.39 is 34.1 Å². The average Bonchev–Trinajstić information content (AvgIpc) is 2.93. The molecule has 2 aromatic rings. The van der Waals surface area contributed by atoms with Gasteiger partial charge in [0.1, 0.15) is 21.8 Å². The Bertz CT molecular complexity index is 1050. The fourth-order valence-corrected chi connectivity index (χ4v) is 4.54. The Kier molecular flexibility index (Phi) is 5.74. The second kappa shape index (κ2) is 7.81. The Hall–Kier alpha value is -2.37. The molecule has 7 nitrogen and oxygen atoms in total. The van der Waals surface area contributed by atoms with Crippen LogP contribution in [0.15, 0.2) is 41.3 Å². The van der Waals surface area contributed by atoms with Crippen molar-refractivity contribution >= 4 is 33.2 Å². The number of rotatable bonds is 5. The molecule has 0 radical (unpaired) electrons. The molecule has 1 aromatic carbocycles. The standard InChI is InChI=1S/C17H15ClF3N3O4S/c1-10-14(5-6-15(18)22-10)29(26,27)23-13-7-8-24(16(13)25)11-3-2-4-12(9-11)28-17(19,20)21/h2-6,9,13,23H,7-8H2,1H3. The Labute approximate surface area is 169 Å². The fraction of sp³-hybridized carbons (Fsp3) is 0.294. The number of hydrogen-bond acceptors (Lipinski definition) is 5. The summed E-state index contributed by atoms with van der Waals surface area (Å²) in [5.41, 5.74) is 0.340. The molecule has 1 fully saturated rings. The predicted octanol–water partition coefficient (Wildman–Crippen LogP) is 3.03. The lowest BCUT2D eigenvalue weighted by atomic mass is 10.2. The van der Waals surface area contributed by atoms with E-state index in [0.717, 1.165) is 12.1 Å². The second-order valence-corrected chi connectivity index (χ2v) is 8.28. The number of sulfonamides is 1. The number of alkyl halides is 3. The van der Waals surface area contributed by atoms with Crippen LogP contribution >= 0.6 is 11.6 Å². The van der Waals surface area contributed by atoms with Crippen LogP contribution in [-0.2, 0) is 14.8 Å². The maximum atomic E-state index is 12.6. The molecule has 1 aromatic heterocycles. The largest absolute Gasteiger partial charge is 0.573 e. The Morgan fingerprint density at radius 3 is 2.66 bits per heavy atom. The summed E-state index contributed by atoms with van der Waals surface area (Å²) in [6.07, 6.45) is -4.72. The van der Waals surface area contributed by atoms with Gasteiger partial charge in [-0.2, -0.15) is 4.72 Å². The van der Waals surface area contributed by atoms with Crippen molar-refractivity contribution in [3.8, 4) is 5.75 Å². The van der Waals surface area contributed by atoms with E-state index in [9.17, 15) is 26.4 Å². The highest BCUT2D eigenvalue weighted by Crippen LogP contribution is 2.29. The number of amides is 1. The predicted molar refractivity (Wildman–Crippen MR) is 98.2 cm³/mol. The number of carbonyl (C=O) groups excluding carboxylic acids is 1. The van der Waals surface area contributed by atoms with Crippen molar-refractivity contribution in [1.82, 2.24) is 9.71 Å². The zero-order chi connectivity index (χ0) is 21.4. The third-order valence-corrected chi connectivity index (χ3v) is 5.97. The van der Waals surface area contributed by atoms with Gasteiger partial charge in [-0.1, -0.05) is 17.7 Å². The van der Waals surface area contributed by atoms with Crippen molar-refractivity contribution in [1.29, 1.82) is 0 Å². The van der Waals surface area contributed by atoms with Gasteiger partial charge in [0.15, 0.2) is 0 Å². The van der Waals surface area contributed by atoms with Gasteiger partial charge in [0.25, 0.3) is 0 Å². The summed E-state index contributed by atoms with van der Waals surface area (Å²) in [4.78, 5) is 17.6. The van der Waals surface area contributed by atoms with Crippen LogP contribution in [-0.4, -0.2) is 38.3 Å². The molecule has 0 bridgehead atoms. The lowest BCUT2D eigenvalue weighted by Crippen LogP contribution is -2.41. The third kappa shape index (κ3) is 4.98. The Morgan fingerprint density at radius 1 is 1.28 bits per heavy atom. The molecule has 12 heteroatoms. The lowest BCUT2D eigenvalue weighted by Gasteiger charge is -2.19. The number of aryl methyl sites for hydroxylation is 1. The fourth-order valence-electron chi connectivity index (χ4n) is 2.95. The normalized spacial score (nSPS) is 17.6. The van der Waals surface area contributed by atoms with Gasteiger partial charge in [-0.25, -0.2) is 13.4 Å². The number of carbonyl (C=O) groups is 1. The Morgan fingerprint density at radius 2 is 2.00 bits per heavy atom. The number of aromatic nitrogens is 1. The molecular weight excluding hydrogens is 435 g/mol. The molecule has 1 atom stereocenters. The van der Waals surface area contributed by atoms with E-state index in [4.69, 9.17) is 11.6 Å². The number of nitrogens with zero attached hydrogens (tertiary/aromatic N) is 2. The zero-order valence-corrected chi connectivity index (χ0v) is 16.5. The zero-order valence-electron chi connectivity index (χ0n) is 14.9. The first-order chi connectivity index (χ1) is 13.5. The number of halogens is 4. The van der Waals surface area contributed by atoms with Crippen molar-refractivity contribution < 1.29 is 31.1 Å². The van der Waals surface area contributed by atoms with Gasteiger partial charge in [-0.05, 0) is 37.6 Å². The van der Waals surface area contributed by atoms with Crippen LogP contribution in [0.1, 0.15) is 12.1 Å². The molecule has 1 aliphatic rings. The summed E-state index contributed by atoms with van der Waals surface area (Å²) in [5, 5.41) is 0.130. The van der Waals surface area contributed by atoms with Crippen LogP contribution in [0, 0.1) is 6.92 Å². The first kappa shape index (κ1) is 21.3. The van der Waals surface area contributed by atoms with Crippen LogP contribution in [0.3, 0.4) is 0 Å². The summed E-state index contributed by atoms with van der Waals surface area (Å²) in [7, 11) is -4.05. The molecule has 1 saturated heterocycles. The number of hydrogen-bond donors (Lipinski definition) is 1. The van der Waals surface area contributed by atoms with Crippen molar-refractivity contribution in [3.05, 3.63) is 47.2 Å². The highest BCUT2D eigenvalue weighted by molar-refractivity contribution is 7.89. The van der Waals surface area contributed by atoms with E-state index in [2.05, 4.69) is 14.4 Å². The molecule has 1 N–H and O–H groups in total. The quantitative estimate of drug-likeness (QED) is 0.709. The monoisotopic (exact) mass is 449 g/mol. The highest BCUT2D eigenvalue weighted by atomic mass is 35.5. The second-order valence-electron chi connectivity index (χ2n) is 6.22. The molecule has 0 aliphatic carbocycles. The highest BCUT2D eigenvalue weighted by Gasteiger charge is 2.37. The van der Waals surface area contributed by atoms with E-state index in [1.54, 1.807) is 0 Å². The third-order valence-electron chi connectivity index (χ3n) is 4.16. The molecule has 29 heavy (non-hydrogen) atoms. The SMILES string of the molecule is Cc1nc(Cl)ccc1S(=O)(=O)NC1CCN(c2cccc(OC(F)(F)F)c2)C1=O. The number of anilines is 1. The van der Waals surface area contributed by atoms with Gasteiger partial charge in [0.2, 0.25) is 15.9 Å². The van der Waals surface area contributed by atoms with E-state index in [1.165, 1.54) is 36.1 Å². The number of benzene rings is 1. The van der Waals surface area contributed by atoms with Crippen LogP contribution in [0.25, 0.3) is 0 Å². The minimum absolute atomic E-state index is 0.117. The van der Waals surface area contributed by atoms with Crippen LogP contribution in [0.4, 0.5) is 18.9 Å². The van der Waals surface area contributed by atoms with Crippen molar-refractivity contribution in [2.45, 2.75) is 30.6 Å². The number of ether oxygens (including phenoxy) is 1. The van der Waals surface area contributed by atoms with Gasteiger partial charge < -0.3 is 9.64 Å². The lowest BCUT2D eigenvalue weighted by molar-refractivity contribution is -0.274. The minimum atomic E-state index is -4.86. The van der Waals surface area contributed by atoms with Gasteiger partial charge in [0, 0.05) is 18.3 Å². The van der Waals surface area contributed by atoms with Gasteiger partial charge >= 0.3 is 6.36 Å². The molecule has 2 heterocycles. The number of nitrogens with one attached hydrogen (secondary N) is 1. The molecular formula is C17H15ClF3N3O4S. The molecule has 156 valence electrons. The van der Waals surface area contributed by atoms with Gasteiger partial charge in [0.05, 0.1) is 5.69 Å². The summed E-state index contributed by atoms with van der Waals surface area (Å²) >= 11 is 5.73. The van der Waals surface area contributed by atoms with E-state index in [0.29, 0.717) is 0 Å². The van der Waals surface area contributed by atoms with Crippen LogP contribution < -0.4 is 14.4 Å². The van der Waals surface area contributed by atoms with Crippen LogP contribution in [0.2, 0.25) is 5.15 Å². The smallest absolute Gasteiger partial charge is 0.406 e. The maximum absolute atomic E-state index is 12.6. The summed E-state index contributed by atoms with van der Waals surface area (Å²) in [6.45, 7) is 1.59. The van der Waals surface area contributed by atoms with Crippen molar-refractivity contribution in [3.63, 3.8) is 0 Å². The molecule has 1 aliphatic heterocycles. The first-order valence-corrected chi connectivity index (χ1v) is 10.1. The van der Waals surface area contributed by atoms with Crippen molar-refractivity contribution in [2.75, 3.05) is 11.4 Å².